The lowest BCUT2D eigenvalue weighted by Gasteiger charge is -2.38. The van der Waals surface area contributed by atoms with Crippen LogP contribution >= 0.6 is 0 Å². The Morgan fingerprint density at radius 3 is 2.25 bits per heavy atom. The van der Waals surface area contributed by atoms with Crippen LogP contribution in [0.5, 0.6) is 0 Å². The summed E-state index contributed by atoms with van der Waals surface area (Å²) < 4.78 is 0. The van der Waals surface area contributed by atoms with Gasteiger partial charge in [0.05, 0.1) is 5.56 Å². The Bertz CT molecular complexity index is 977. The lowest BCUT2D eigenvalue weighted by Crippen LogP contribution is -2.43. The van der Waals surface area contributed by atoms with Crippen molar-refractivity contribution in [3.8, 4) is 0 Å². The first-order valence-electron chi connectivity index (χ1n) is 9.64. The van der Waals surface area contributed by atoms with Crippen molar-refractivity contribution in [1.82, 2.24) is 0 Å². The van der Waals surface area contributed by atoms with E-state index in [1.165, 1.54) is 5.56 Å². The van der Waals surface area contributed by atoms with Crippen molar-refractivity contribution in [2.24, 2.45) is 0 Å². The molecule has 1 N–H and O–H groups in total. The number of carbonyl (C=O) groups is 1. The van der Waals surface area contributed by atoms with Crippen LogP contribution < -0.4 is 15.1 Å². The van der Waals surface area contributed by atoms with Crippen molar-refractivity contribution in [2.45, 2.75) is 19.5 Å². The molecule has 0 spiro atoms. The van der Waals surface area contributed by atoms with Crippen molar-refractivity contribution in [1.29, 1.82) is 0 Å². The molecule has 1 atom stereocenters. The highest BCUT2D eigenvalue weighted by Crippen LogP contribution is 2.37. The number of carbonyl (C=O) groups excluding carboxylic acids is 1. The molecule has 0 fully saturated rings. The molecule has 0 saturated heterocycles. The highest BCUT2D eigenvalue weighted by atomic mass is 16.2. The second-order valence-electron chi connectivity index (χ2n) is 7.27. The zero-order chi connectivity index (χ0) is 19.7. The molecule has 28 heavy (non-hydrogen) atoms. The van der Waals surface area contributed by atoms with Gasteiger partial charge in [-0.25, -0.2) is 0 Å². The van der Waals surface area contributed by atoms with Crippen molar-refractivity contribution >= 4 is 23.0 Å². The molecule has 0 radical (unpaired) electrons. The van der Waals surface area contributed by atoms with Gasteiger partial charge in [0.2, 0.25) is 0 Å². The highest BCUT2D eigenvalue weighted by molar-refractivity contribution is 6.12. The summed E-state index contributed by atoms with van der Waals surface area (Å²) in [5.41, 5.74) is 5.90. The molecule has 3 aromatic carbocycles. The molecule has 1 aliphatic heterocycles. The Morgan fingerprint density at radius 2 is 1.61 bits per heavy atom. The predicted octanol–water partition coefficient (Wildman–Crippen LogP) is 5.09. The van der Waals surface area contributed by atoms with E-state index in [1.54, 1.807) is 0 Å². The summed E-state index contributed by atoms with van der Waals surface area (Å²) in [6, 6.07) is 24.3. The normalized spacial score (nSPS) is 15.8. The summed E-state index contributed by atoms with van der Waals surface area (Å²) in [6.45, 7) is 2.15. The molecule has 1 amide bonds. The maximum absolute atomic E-state index is 13.4. The number of amides is 1. The van der Waals surface area contributed by atoms with Gasteiger partial charge in [0.15, 0.2) is 0 Å². The molecular formula is C24H25N3O. The van der Waals surface area contributed by atoms with Crippen LogP contribution in [-0.4, -0.2) is 20.0 Å². The van der Waals surface area contributed by atoms with Gasteiger partial charge in [0.1, 0.15) is 6.17 Å². The Balaban J connectivity index is 1.79. The third-order valence-corrected chi connectivity index (χ3v) is 5.27. The minimum absolute atomic E-state index is 0.0107. The smallest absolute Gasteiger partial charge is 0.262 e. The number of aryl methyl sites for hydroxylation is 1. The van der Waals surface area contributed by atoms with Crippen LogP contribution in [0.15, 0.2) is 72.8 Å². The topological polar surface area (TPSA) is 35.6 Å². The number of nitrogens with one attached hydrogen (secondary N) is 1. The van der Waals surface area contributed by atoms with Crippen LogP contribution in [0.2, 0.25) is 0 Å². The molecule has 4 heteroatoms. The first-order valence-corrected chi connectivity index (χ1v) is 9.64. The molecule has 142 valence electrons. The monoisotopic (exact) mass is 371 g/mol. The molecule has 1 aliphatic rings. The maximum Gasteiger partial charge on any atom is 0.262 e. The number of rotatable bonds is 4. The first-order chi connectivity index (χ1) is 13.6. The molecule has 0 aliphatic carbocycles. The van der Waals surface area contributed by atoms with Gasteiger partial charge < -0.3 is 10.2 Å². The largest absolute Gasteiger partial charge is 0.378 e. The summed E-state index contributed by atoms with van der Waals surface area (Å²) in [7, 11) is 4.02. The lowest BCUT2D eigenvalue weighted by molar-refractivity contribution is 0.0975. The summed E-state index contributed by atoms with van der Waals surface area (Å²) in [5.74, 6) is 0.0107. The zero-order valence-corrected chi connectivity index (χ0v) is 16.5. The average molecular weight is 371 g/mol. The Labute approximate surface area is 166 Å². The van der Waals surface area contributed by atoms with Gasteiger partial charge in [-0.15, -0.1) is 0 Å². The van der Waals surface area contributed by atoms with Crippen LogP contribution in [0.25, 0.3) is 0 Å². The van der Waals surface area contributed by atoms with E-state index in [-0.39, 0.29) is 12.1 Å². The Morgan fingerprint density at radius 1 is 0.929 bits per heavy atom. The van der Waals surface area contributed by atoms with E-state index >= 15 is 0 Å². The highest BCUT2D eigenvalue weighted by Gasteiger charge is 2.33. The predicted molar refractivity (Wildman–Crippen MR) is 116 cm³/mol. The number of para-hydroxylation sites is 1. The van der Waals surface area contributed by atoms with Crippen molar-refractivity contribution in [3.63, 3.8) is 0 Å². The summed E-state index contributed by atoms with van der Waals surface area (Å²) in [6.07, 6.45) is 0.745. The zero-order valence-electron chi connectivity index (χ0n) is 16.5. The van der Waals surface area contributed by atoms with Gasteiger partial charge in [-0.2, -0.15) is 0 Å². The molecule has 0 bridgehead atoms. The van der Waals surface area contributed by atoms with Crippen LogP contribution in [-0.2, 0) is 6.42 Å². The molecule has 4 nitrogen and oxygen atoms in total. The van der Waals surface area contributed by atoms with E-state index in [1.807, 2.05) is 67.5 Å². The number of anilines is 3. The third kappa shape index (κ3) is 3.22. The molecule has 4 rings (SSSR count). The quantitative estimate of drug-likeness (QED) is 0.694. The van der Waals surface area contributed by atoms with Crippen molar-refractivity contribution in [2.75, 3.05) is 29.2 Å². The van der Waals surface area contributed by atoms with Crippen LogP contribution in [0.4, 0.5) is 17.1 Å². The van der Waals surface area contributed by atoms with E-state index in [2.05, 4.69) is 41.4 Å². The van der Waals surface area contributed by atoms with E-state index in [9.17, 15) is 4.79 Å². The summed E-state index contributed by atoms with van der Waals surface area (Å²) in [5, 5.41) is 3.56. The van der Waals surface area contributed by atoms with Crippen LogP contribution in [0.1, 0.15) is 34.6 Å². The van der Waals surface area contributed by atoms with Gasteiger partial charge in [0, 0.05) is 31.2 Å². The van der Waals surface area contributed by atoms with Crippen molar-refractivity contribution in [3.05, 3.63) is 89.5 Å². The molecular weight excluding hydrogens is 346 g/mol. The van der Waals surface area contributed by atoms with Gasteiger partial charge in [-0.3, -0.25) is 9.69 Å². The fourth-order valence-corrected chi connectivity index (χ4v) is 3.60. The molecule has 3 aromatic rings. The summed E-state index contributed by atoms with van der Waals surface area (Å²) >= 11 is 0. The summed E-state index contributed by atoms with van der Waals surface area (Å²) in [4.78, 5) is 17.3. The number of benzene rings is 3. The molecule has 0 aromatic heterocycles. The van der Waals surface area contributed by atoms with E-state index in [0.717, 1.165) is 29.0 Å². The molecule has 1 heterocycles. The fraction of sp³-hybridized carbons (Fsp3) is 0.208. The van der Waals surface area contributed by atoms with Gasteiger partial charge in [0.25, 0.3) is 5.91 Å². The average Bonchev–Trinajstić information content (AvgIpc) is 2.74. The number of nitrogens with zero attached hydrogens (tertiary/aromatic N) is 2. The second kappa shape index (κ2) is 7.39. The second-order valence-corrected chi connectivity index (χ2v) is 7.27. The lowest BCUT2D eigenvalue weighted by atomic mass is 10.0. The maximum atomic E-state index is 13.4. The fourth-order valence-electron chi connectivity index (χ4n) is 3.60. The van der Waals surface area contributed by atoms with Gasteiger partial charge in [-0.1, -0.05) is 43.3 Å². The van der Waals surface area contributed by atoms with E-state index in [0.29, 0.717) is 5.56 Å². The van der Waals surface area contributed by atoms with Crippen molar-refractivity contribution < 1.29 is 4.79 Å². The van der Waals surface area contributed by atoms with E-state index in [4.69, 9.17) is 0 Å². The minimum atomic E-state index is -0.251. The minimum Gasteiger partial charge on any atom is -0.378 e. The standard InChI is InChI=1S/C24H25N3O/c1-4-17-9-11-18(12-10-17)23-25-22-8-6-5-7-21(22)24(28)27(23)20-15-13-19(14-16-20)26(2)3/h5-16,23,25H,4H2,1-3H3/t23-/m0/s1. The van der Waals surface area contributed by atoms with E-state index < -0.39 is 0 Å². The number of hydrogen-bond acceptors (Lipinski definition) is 3. The molecule has 0 unspecified atom stereocenters. The van der Waals surface area contributed by atoms with Crippen LogP contribution in [0.3, 0.4) is 0 Å². The first kappa shape index (κ1) is 18.1. The Kier molecular flexibility index (Phi) is 4.78. The van der Waals surface area contributed by atoms with Crippen LogP contribution in [0, 0.1) is 0 Å². The SMILES string of the molecule is CCc1ccc([C@H]2Nc3ccccc3C(=O)N2c2ccc(N(C)C)cc2)cc1. The number of hydrogen-bond donors (Lipinski definition) is 1. The number of fused-ring (bicyclic) bond motifs is 1. The molecule has 0 saturated carbocycles. The third-order valence-electron chi connectivity index (χ3n) is 5.27. The Hall–Kier alpha value is -3.27. The van der Waals surface area contributed by atoms with Gasteiger partial charge >= 0.3 is 0 Å². The van der Waals surface area contributed by atoms with Gasteiger partial charge in [-0.05, 0) is 53.9 Å².